The predicted octanol–water partition coefficient (Wildman–Crippen LogP) is 0.248. The van der Waals surface area contributed by atoms with Crippen LogP contribution in [0.1, 0.15) is 29.8 Å². The standard InChI is InChI=1S/C17H21N3O5S/c1-11-9-20(6-7-26(24,25)10-11)14(21)12-4-3-5-13(8-12)17(2)15(22)18-16(23)19-17/h3-5,8,11H,6-7,9-10H2,1-2H3,(H2,18,19,22,23). The van der Waals surface area contributed by atoms with Crippen LogP contribution in [0.4, 0.5) is 4.79 Å². The number of rotatable bonds is 2. The largest absolute Gasteiger partial charge is 0.337 e. The first-order valence-corrected chi connectivity index (χ1v) is 10.2. The maximum atomic E-state index is 12.9. The van der Waals surface area contributed by atoms with Gasteiger partial charge in [0.1, 0.15) is 5.54 Å². The fourth-order valence-electron chi connectivity index (χ4n) is 3.36. The SMILES string of the molecule is CC1CN(C(=O)c2cccc(C3(C)NC(=O)NC3=O)c2)CCS(=O)(=O)C1. The van der Waals surface area contributed by atoms with Crippen LogP contribution in [0.25, 0.3) is 0 Å². The van der Waals surface area contributed by atoms with Crippen molar-refractivity contribution in [1.82, 2.24) is 15.5 Å². The van der Waals surface area contributed by atoms with Crippen molar-refractivity contribution in [1.29, 1.82) is 0 Å². The molecule has 2 N–H and O–H groups in total. The minimum Gasteiger partial charge on any atom is -0.337 e. The van der Waals surface area contributed by atoms with E-state index < -0.39 is 27.3 Å². The molecular weight excluding hydrogens is 358 g/mol. The maximum Gasteiger partial charge on any atom is 0.322 e. The minimum absolute atomic E-state index is 0.0566. The Morgan fingerprint density at radius 1 is 1.31 bits per heavy atom. The van der Waals surface area contributed by atoms with Gasteiger partial charge in [0, 0.05) is 18.7 Å². The molecule has 1 aromatic carbocycles. The Hall–Kier alpha value is -2.42. The summed E-state index contributed by atoms with van der Waals surface area (Å²) < 4.78 is 23.8. The van der Waals surface area contributed by atoms with Gasteiger partial charge in [-0.25, -0.2) is 13.2 Å². The molecule has 1 aromatic rings. The van der Waals surface area contributed by atoms with E-state index in [2.05, 4.69) is 10.6 Å². The third-order valence-corrected chi connectivity index (χ3v) is 6.64. The highest BCUT2D eigenvalue weighted by Gasteiger charge is 2.43. The molecule has 2 atom stereocenters. The summed E-state index contributed by atoms with van der Waals surface area (Å²) in [5.41, 5.74) is -0.408. The second kappa shape index (κ2) is 6.39. The molecule has 140 valence electrons. The first-order chi connectivity index (χ1) is 12.1. The van der Waals surface area contributed by atoms with E-state index >= 15 is 0 Å². The molecule has 2 heterocycles. The first kappa shape index (κ1) is 18.4. The van der Waals surface area contributed by atoms with Crippen molar-refractivity contribution >= 4 is 27.7 Å². The number of nitrogens with zero attached hydrogens (tertiary/aromatic N) is 1. The van der Waals surface area contributed by atoms with E-state index in [1.807, 2.05) is 0 Å². The molecule has 26 heavy (non-hydrogen) atoms. The van der Waals surface area contributed by atoms with Crippen LogP contribution in [0.3, 0.4) is 0 Å². The highest BCUT2D eigenvalue weighted by atomic mass is 32.2. The Balaban J connectivity index is 1.87. The molecule has 4 amide bonds. The van der Waals surface area contributed by atoms with Crippen LogP contribution in [0, 0.1) is 5.92 Å². The van der Waals surface area contributed by atoms with Crippen molar-refractivity contribution < 1.29 is 22.8 Å². The zero-order valence-corrected chi connectivity index (χ0v) is 15.4. The van der Waals surface area contributed by atoms with Crippen LogP contribution < -0.4 is 10.6 Å². The third kappa shape index (κ3) is 3.44. The molecule has 0 aliphatic carbocycles. The van der Waals surface area contributed by atoms with Gasteiger partial charge in [-0.15, -0.1) is 0 Å². The Morgan fingerprint density at radius 3 is 2.69 bits per heavy atom. The van der Waals surface area contributed by atoms with Crippen molar-refractivity contribution in [2.24, 2.45) is 5.92 Å². The number of hydrogen-bond acceptors (Lipinski definition) is 5. The Labute approximate surface area is 151 Å². The van der Waals surface area contributed by atoms with Gasteiger partial charge in [-0.05, 0) is 30.5 Å². The number of hydrogen-bond donors (Lipinski definition) is 2. The topological polar surface area (TPSA) is 113 Å². The molecule has 2 aliphatic heterocycles. The normalized spacial score (nSPS) is 28.2. The molecular formula is C17H21N3O5S. The summed E-state index contributed by atoms with van der Waals surface area (Å²) in [5.74, 6) is -0.905. The van der Waals surface area contributed by atoms with Crippen LogP contribution in [-0.4, -0.2) is 55.8 Å². The number of benzene rings is 1. The summed E-state index contributed by atoms with van der Waals surface area (Å²) >= 11 is 0. The lowest BCUT2D eigenvalue weighted by atomic mass is 9.91. The average molecular weight is 379 g/mol. The van der Waals surface area contributed by atoms with Crippen molar-refractivity contribution in [2.45, 2.75) is 19.4 Å². The van der Waals surface area contributed by atoms with Crippen LogP contribution in [-0.2, 0) is 20.2 Å². The summed E-state index contributed by atoms with van der Waals surface area (Å²) in [7, 11) is -3.16. The van der Waals surface area contributed by atoms with Crippen LogP contribution >= 0.6 is 0 Å². The molecule has 8 nitrogen and oxygen atoms in total. The second-order valence-corrected chi connectivity index (χ2v) is 9.31. The van der Waals surface area contributed by atoms with Crippen molar-refractivity contribution in [3.05, 3.63) is 35.4 Å². The number of amides is 4. The van der Waals surface area contributed by atoms with Gasteiger partial charge in [-0.3, -0.25) is 14.9 Å². The van der Waals surface area contributed by atoms with Gasteiger partial charge >= 0.3 is 6.03 Å². The Bertz CT molecular complexity index is 882. The number of urea groups is 1. The van der Waals surface area contributed by atoms with E-state index in [9.17, 15) is 22.8 Å². The third-order valence-electron chi connectivity index (χ3n) is 4.76. The summed E-state index contributed by atoms with van der Waals surface area (Å²) in [6.45, 7) is 3.87. The van der Waals surface area contributed by atoms with Gasteiger partial charge in [-0.1, -0.05) is 19.1 Å². The second-order valence-electron chi connectivity index (χ2n) is 7.08. The fraction of sp³-hybridized carbons (Fsp3) is 0.471. The number of imide groups is 1. The zero-order chi connectivity index (χ0) is 19.1. The van der Waals surface area contributed by atoms with Crippen LogP contribution in [0.2, 0.25) is 0 Å². The smallest absolute Gasteiger partial charge is 0.322 e. The monoisotopic (exact) mass is 379 g/mol. The van der Waals surface area contributed by atoms with Gasteiger partial charge in [0.2, 0.25) is 0 Å². The molecule has 0 radical (unpaired) electrons. The first-order valence-electron chi connectivity index (χ1n) is 8.34. The van der Waals surface area contributed by atoms with Gasteiger partial charge in [-0.2, -0.15) is 0 Å². The maximum absolute atomic E-state index is 12.9. The lowest BCUT2D eigenvalue weighted by molar-refractivity contribution is -0.123. The molecule has 3 rings (SSSR count). The van der Waals surface area contributed by atoms with Gasteiger partial charge in [0.05, 0.1) is 11.5 Å². The molecule has 0 aromatic heterocycles. The van der Waals surface area contributed by atoms with Crippen molar-refractivity contribution in [3.8, 4) is 0 Å². The molecule has 0 saturated carbocycles. The van der Waals surface area contributed by atoms with Gasteiger partial charge < -0.3 is 10.2 Å². The quantitative estimate of drug-likeness (QED) is 0.715. The van der Waals surface area contributed by atoms with Gasteiger partial charge in [0.25, 0.3) is 11.8 Å². The van der Waals surface area contributed by atoms with E-state index in [-0.39, 0.29) is 29.9 Å². The zero-order valence-electron chi connectivity index (χ0n) is 14.6. The average Bonchev–Trinajstić information content (AvgIpc) is 2.74. The van der Waals surface area contributed by atoms with E-state index in [1.54, 1.807) is 38.1 Å². The lowest BCUT2D eigenvalue weighted by Crippen LogP contribution is -2.41. The lowest BCUT2D eigenvalue weighted by Gasteiger charge is -2.24. The fourth-order valence-corrected chi connectivity index (χ4v) is 5.00. The highest BCUT2D eigenvalue weighted by molar-refractivity contribution is 7.91. The highest BCUT2D eigenvalue weighted by Crippen LogP contribution is 2.25. The van der Waals surface area contributed by atoms with Crippen molar-refractivity contribution in [3.63, 3.8) is 0 Å². The molecule has 0 spiro atoms. The molecule has 2 fully saturated rings. The van der Waals surface area contributed by atoms with Gasteiger partial charge in [0.15, 0.2) is 9.84 Å². The van der Waals surface area contributed by atoms with Crippen molar-refractivity contribution in [2.75, 3.05) is 24.6 Å². The van der Waals surface area contributed by atoms with E-state index in [0.29, 0.717) is 17.7 Å². The summed E-state index contributed by atoms with van der Waals surface area (Å²) in [6.07, 6.45) is 0. The van der Waals surface area contributed by atoms with E-state index in [0.717, 1.165) is 0 Å². The van der Waals surface area contributed by atoms with E-state index in [1.165, 1.54) is 4.90 Å². The van der Waals surface area contributed by atoms with Crippen LogP contribution in [0.15, 0.2) is 24.3 Å². The van der Waals surface area contributed by atoms with E-state index in [4.69, 9.17) is 0 Å². The molecule has 2 saturated heterocycles. The predicted molar refractivity (Wildman–Crippen MR) is 94.2 cm³/mol. The number of carbonyl (C=O) groups is 3. The number of nitrogens with one attached hydrogen (secondary N) is 2. The molecule has 9 heteroatoms. The minimum atomic E-state index is -3.16. The number of sulfone groups is 1. The molecule has 0 bridgehead atoms. The summed E-state index contributed by atoms with van der Waals surface area (Å²) in [5, 5.41) is 4.76. The number of carbonyl (C=O) groups excluding carboxylic acids is 3. The molecule has 2 unspecified atom stereocenters. The summed E-state index contributed by atoms with van der Waals surface area (Å²) in [6, 6.07) is 5.91. The Morgan fingerprint density at radius 2 is 2.04 bits per heavy atom. The molecule has 2 aliphatic rings. The Kier molecular flexibility index (Phi) is 4.51. The van der Waals surface area contributed by atoms with Crippen LogP contribution in [0.5, 0.6) is 0 Å². The summed E-state index contributed by atoms with van der Waals surface area (Å²) in [4.78, 5) is 38.0.